The van der Waals surface area contributed by atoms with Crippen LogP contribution in [0, 0.1) is 0 Å². The van der Waals surface area contributed by atoms with Crippen molar-refractivity contribution < 1.29 is 4.42 Å². The molecule has 9 aromatic carbocycles. The van der Waals surface area contributed by atoms with Crippen molar-refractivity contribution in [2.75, 3.05) is 0 Å². The molecule has 6 nitrogen and oxygen atoms in total. The van der Waals surface area contributed by atoms with Gasteiger partial charge in [-0.05, 0) is 83.9 Å². The monoisotopic (exact) mass is 805 g/mol. The van der Waals surface area contributed by atoms with Crippen molar-refractivity contribution in [3.63, 3.8) is 0 Å². The number of benzene rings is 9. The van der Waals surface area contributed by atoms with Crippen molar-refractivity contribution in [1.29, 1.82) is 0 Å². The van der Waals surface area contributed by atoms with E-state index in [4.69, 9.17) is 19.4 Å². The minimum atomic E-state index is 0.596. The van der Waals surface area contributed by atoms with Crippen molar-refractivity contribution in [1.82, 2.24) is 24.1 Å². The zero-order valence-corrected chi connectivity index (χ0v) is 33.9. The Morgan fingerprint density at radius 1 is 0.302 bits per heavy atom. The summed E-state index contributed by atoms with van der Waals surface area (Å²) in [6.07, 6.45) is 0. The Morgan fingerprint density at radius 3 is 1.48 bits per heavy atom. The lowest BCUT2D eigenvalue weighted by Gasteiger charge is -2.11. The number of aromatic nitrogens is 5. The number of hydrogen-bond donors (Lipinski definition) is 0. The van der Waals surface area contributed by atoms with Crippen molar-refractivity contribution in [2.24, 2.45) is 0 Å². The molecule has 0 unspecified atom stereocenters. The standard InChI is InChI=1S/C57H35N5O/c1-4-15-36(16-5-1)55-58-56(37-17-6-2-7-18-37)60-57(59-55)44-23-14-26-53-54(44)47-34-39(28-32-52(47)63-53)38-27-30-50-45(33-38)42-21-10-13-25-49(42)62(50)41-29-31-51-46(35-41)43-22-11-12-24-48(43)61(51)40-19-8-3-9-20-40/h1-35H. The highest BCUT2D eigenvalue weighted by molar-refractivity contribution is 6.15. The van der Waals surface area contributed by atoms with E-state index in [1.807, 2.05) is 72.8 Å². The van der Waals surface area contributed by atoms with Gasteiger partial charge in [-0.3, -0.25) is 0 Å². The molecule has 6 heteroatoms. The molecule has 0 amide bonds. The van der Waals surface area contributed by atoms with Gasteiger partial charge in [-0.1, -0.05) is 140 Å². The Morgan fingerprint density at radius 2 is 0.810 bits per heavy atom. The van der Waals surface area contributed by atoms with Crippen molar-refractivity contribution in [3.8, 4) is 56.7 Å². The highest BCUT2D eigenvalue weighted by Crippen LogP contribution is 2.41. The lowest BCUT2D eigenvalue weighted by Crippen LogP contribution is -2.00. The van der Waals surface area contributed by atoms with Crippen LogP contribution in [-0.4, -0.2) is 24.1 Å². The van der Waals surface area contributed by atoms with E-state index in [1.54, 1.807) is 0 Å². The molecule has 4 aromatic heterocycles. The van der Waals surface area contributed by atoms with E-state index < -0.39 is 0 Å². The first-order valence-corrected chi connectivity index (χ1v) is 21.2. The summed E-state index contributed by atoms with van der Waals surface area (Å²) in [5, 5.41) is 6.83. The second kappa shape index (κ2) is 14.0. The fourth-order valence-corrected chi connectivity index (χ4v) is 9.51. The average Bonchev–Trinajstić information content (AvgIpc) is 4.01. The number of fused-ring (bicyclic) bond motifs is 9. The third-order valence-corrected chi connectivity index (χ3v) is 12.4. The number of para-hydroxylation sites is 3. The summed E-state index contributed by atoms with van der Waals surface area (Å²) in [4.78, 5) is 15.1. The summed E-state index contributed by atoms with van der Waals surface area (Å²) in [6, 6.07) is 74.6. The molecule has 0 radical (unpaired) electrons. The highest BCUT2D eigenvalue weighted by Gasteiger charge is 2.20. The largest absolute Gasteiger partial charge is 0.456 e. The maximum absolute atomic E-state index is 6.52. The van der Waals surface area contributed by atoms with Gasteiger partial charge in [-0.15, -0.1) is 0 Å². The average molecular weight is 806 g/mol. The predicted octanol–water partition coefficient (Wildman–Crippen LogP) is 14.6. The van der Waals surface area contributed by atoms with Crippen molar-refractivity contribution >= 4 is 65.6 Å². The molecule has 4 heterocycles. The highest BCUT2D eigenvalue weighted by atomic mass is 16.3. The van der Waals surface area contributed by atoms with Crippen LogP contribution >= 0.6 is 0 Å². The molecule has 0 N–H and O–H groups in total. The summed E-state index contributed by atoms with van der Waals surface area (Å²) < 4.78 is 11.3. The van der Waals surface area contributed by atoms with Crippen LogP contribution in [0.3, 0.4) is 0 Å². The van der Waals surface area contributed by atoms with Gasteiger partial charge in [0.05, 0.1) is 22.1 Å². The van der Waals surface area contributed by atoms with Gasteiger partial charge in [0.25, 0.3) is 0 Å². The van der Waals surface area contributed by atoms with Gasteiger partial charge in [-0.2, -0.15) is 0 Å². The molecule has 0 fully saturated rings. The molecule has 13 rings (SSSR count). The molecule has 0 bridgehead atoms. The first kappa shape index (κ1) is 35.2. The van der Waals surface area contributed by atoms with E-state index in [0.717, 1.165) is 66.6 Å². The van der Waals surface area contributed by atoms with E-state index in [2.05, 4.69) is 149 Å². The summed E-state index contributed by atoms with van der Waals surface area (Å²) in [5.74, 6) is 1.84. The fraction of sp³-hybridized carbons (Fsp3) is 0. The van der Waals surface area contributed by atoms with E-state index in [9.17, 15) is 0 Å². The second-order valence-corrected chi connectivity index (χ2v) is 16.0. The Bertz CT molecular complexity index is 3850. The maximum Gasteiger partial charge on any atom is 0.164 e. The Hall–Kier alpha value is -8.61. The Balaban J connectivity index is 0.963. The first-order valence-electron chi connectivity index (χ1n) is 21.2. The summed E-state index contributed by atoms with van der Waals surface area (Å²) >= 11 is 0. The van der Waals surface area contributed by atoms with Crippen LogP contribution in [0.4, 0.5) is 0 Å². The van der Waals surface area contributed by atoms with E-state index in [1.165, 1.54) is 38.1 Å². The molecular formula is C57H35N5O. The third kappa shape index (κ3) is 5.62. The molecule has 0 saturated heterocycles. The number of hydrogen-bond acceptors (Lipinski definition) is 4. The van der Waals surface area contributed by atoms with Gasteiger partial charge in [0.1, 0.15) is 11.2 Å². The third-order valence-electron chi connectivity index (χ3n) is 12.4. The second-order valence-electron chi connectivity index (χ2n) is 16.0. The minimum absolute atomic E-state index is 0.596. The van der Waals surface area contributed by atoms with E-state index in [-0.39, 0.29) is 0 Å². The molecule has 13 aromatic rings. The van der Waals surface area contributed by atoms with Gasteiger partial charge >= 0.3 is 0 Å². The Labute approximate surface area is 361 Å². The molecule has 0 saturated carbocycles. The zero-order chi connectivity index (χ0) is 41.4. The van der Waals surface area contributed by atoms with Crippen LogP contribution in [0.1, 0.15) is 0 Å². The van der Waals surface area contributed by atoms with Gasteiger partial charge in [0, 0.05) is 60.4 Å². The summed E-state index contributed by atoms with van der Waals surface area (Å²) in [6.45, 7) is 0. The van der Waals surface area contributed by atoms with E-state index in [0.29, 0.717) is 17.5 Å². The van der Waals surface area contributed by atoms with E-state index >= 15 is 0 Å². The molecule has 0 spiro atoms. The first-order chi connectivity index (χ1) is 31.2. The molecule has 0 aliphatic rings. The molecule has 63 heavy (non-hydrogen) atoms. The van der Waals surface area contributed by atoms with Crippen molar-refractivity contribution in [2.45, 2.75) is 0 Å². The van der Waals surface area contributed by atoms with Crippen LogP contribution in [0.5, 0.6) is 0 Å². The topological polar surface area (TPSA) is 61.7 Å². The molecule has 0 atom stereocenters. The predicted molar refractivity (Wildman–Crippen MR) is 258 cm³/mol. The molecule has 0 aliphatic heterocycles. The lowest BCUT2D eigenvalue weighted by molar-refractivity contribution is 0.669. The van der Waals surface area contributed by atoms with Crippen LogP contribution in [0.2, 0.25) is 0 Å². The normalized spacial score (nSPS) is 11.8. The lowest BCUT2D eigenvalue weighted by atomic mass is 9.99. The van der Waals surface area contributed by atoms with Crippen LogP contribution in [0.25, 0.3) is 122 Å². The van der Waals surface area contributed by atoms with Gasteiger partial charge in [-0.25, -0.2) is 15.0 Å². The van der Waals surface area contributed by atoms with Crippen LogP contribution < -0.4 is 0 Å². The molecule has 0 aliphatic carbocycles. The SMILES string of the molecule is c1ccc(-c2nc(-c3ccccc3)nc(-c3cccc4oc5ccc(-c6ccc7c(c6)c6ccccc6n7-c6ccc7c(c6)c6ccccc6n7-c6ccccc6)cc5c34)n2)cc1. The molecular weight excluding hydrogens is 771 g/mol. The van der Waals surface area contributed by atoms with Gasteiger partial charge < -0.3 is 13.6 Å². The number of rotatable bonds is 6. The van der Waals surface area contributed by atoms with Crippen LogP contribution in [-0.2, 0) is 0 Å². The number of nitrogens with zero attached hydrogens (tertiary/aromatic N) is 5. The fourth-order valence-electron chi connectivity index (χ4n) is 9.51. The minimum Gasteiger partial charge on any atom is -0.456 e. The quantitative estimate of drug-likeness (QED) is 0.168. The van der Waals surface area contributed by atoms with Crippen molar-refractivity contribution in [3.05, 3.63) is 212 Å². The maximum atomic E-state index is 6.52. The number of furan rings is 1. The smallest absolute Gasteiger partial charge is 0.164 e. The Kier molecular flexibility index (Phi) is 7.80. The van der Waals surface area contributed by atoms with Crippen LogP contribution in [0.15, 0.2) is 217 Å². The molecule has 294 valence electrons. The summed E-state index contributed by atoms with van der Waals surface area (Å²) in [5.41, 5.74) is 13.5. The zero-order valence-electron chi connectivity index (χ0n) is 33.9. The van der Waals surface area contributed by atoms with Gasteiger partial charge in [0.2, 0.25) is 0 Å². The van der Waals surface area contributed by atoms with Gasteiger partial charge in [0.15, 0.2) is 17.5 Å². The summed E-state index contributed by atoms with van der Waals surface area (Å²) in [7, 11) is 0.